The second-order valence-electron chi connectivity index (χ2n) is 7.03. The van der Waals surface area contributed by atoms with Crippen molar-refractivity contribution in [3.63, 3.8) is 0 Å². The van der Waals surface area contributed by atoms with Crippen LogP contribution in [0.5, 0.6) is 0 Å². The predicted octanol–water partition coefficient (Wildman–Crippen LogP) is 1.68. The molecule has 0 aromatic carbocycles. The molecule has 25 heavy (non-hydrogen) atoms. The molecule has 1 aromatic rings. The summed E-state index contributed by atoms with van der Waals surface area (Å²) >= 11 is 0. The molecule has 0 bridgehead atoms. The molecule has 8 heteroatoms. The van der Waals surface area contributed by atoms with Crippen molar-refractivity contribution in [2.75, 3.05) is 26.4 Å². The third kappa shape index (κ3) is 4.03. The molecule has 1 saturated heterocycles. The van der Waals surface area contributed by atoms with E-state index in [-0.39, 0.29) is 0 Å². The van der Waals surface area contributed by atoms with E-state index in [0.29, 0.717) is 23.5 Å². The SMILES string of the molecule is CNCC(=Cc1cc(C(=O)OC)cnc1N)B1OC(C)(C)C(C)(C)O1. The lowest BCUT2D eigenvalue weighted by Crippen LogP contribution is -2.41. The summed E-state index contributed by atoms with van der Waals surface area (Å²) in [7, 11) is 2.65. The molecule has 0 atom stereocenters. The van der Waals surface area contributed by atoms with Gasteiger partial charge in [-0.3, -0.25) is 0 Å². The van der Waals surface area contributed by atoms with Crippen molar-refractivity contribution in [3.8, 4) is 0 Å². The number of methoxy groups -OCH3 is 1. The lowest BCUT2D eigenvalue weighted by atomic mass is 9.77. The van der Waals surface area contributed by atoms with Gasteiger partial charge >= 0.3 is 13.1 Å². The number of likely N-dealkylation sites (N-methyl/N-ethyl adjacent to an activating group) is 1. The van der Waals surface area contributed by atoms with Crippen LogP contribution >= 0.6 is 0 Å². The van der Waals surface area contributed by atoms with Crippen molar-refractivity contribution in [2.24, 2.45) is 0 Å². The highest BCUT2D eigenvalue weighted by molar-refractivity contribution is 6.56. The van der Waals surface area contributed by atoms with Gasteiger partial charge in [0.15, 0.2) is 0 Å². The molecule has 0 unspecified atom stereocenters. The molecule has 1 aliphatic rings. The maximum atomic E-state index is 11.7. The van der Waals surface area contributed by atoms with E-state index in [1.54, 1.807) is 6.07 Å². The number of ether oxygens (including phenoxy) is 1. The van der Waals surface area contributed by atoms with Crippen molar-refractivity contribution >= 4 is 25.0 Å². The molecule has 2 rings (SSSR count). The first-order chi connectivity index (χ1) is 11.6. The van der Waals surface area contributed by atoms with Crippen LogP contribution in [0.1, 0.15) is 43.6 Å². The molecular formula is C17H26BN3O4. The van der Waals surface area contributed by atoms with Crippen LogP contribution in [-0.4, -0.2) is 50.0 Å². The average molecular weight is 347 g/mol. The number of carbonyl (C=O) groups is 1. The Hall–Kier alpha value is -1.90. The molecule has 0 spiro atoms. The third-order valence-corrected chi connectivity index (χ3v) is 4.65. The van der Waals surface area contributed by atoms with Gasteiger partial charge in [0, 0.05) is 18.3 Å². The zero-order valence-electron chi connectivity index (χ0n) is 15.7. The number of esters is 1. The van der Waals surface area contributed by atoms with Crippen LogP contribution in [0, 0.1) is 0 Å². The summed E-state index contributed by atoms with van der Waals surface area (Å²) in [5.74, 6) is -0.147. The summed E-state index contributed by atoms with van der Waals surface area (Å²) in [5.41, 5.74) is 6.89. The molecule has 1 aliphatic heterocycles. The van der Waals surface area contributed by atoms with E-state index >= 15 is 0 Å². The van der Waals surface area contributed by atoms with E-state index in [2.05, 4.69) is 10.3 Å². The van der Waals surface area contributed by atoms with Gasteiger partial charge in [-0.1, -0.05) is 6.08 Å². The van der Waals surface area contributed by atoms with Gasteiger partial charge in [0.2, 0.25) is 0 Å². The molecule has 0 amide bonds. The highest BCUT2D eigenvalue weighted by atomic mass is 16.7. The first kappa shape index (κ1) is 19.4. The lowest BCUT2D eigenvalue weighted by molar-refractivity contribution is 0.00578. The second kappa shape index (κ2) is 7.15. The molecule has 2 heterocycles. The van der Waals surface area contributed by atoms with Crippen molar-refractivity contribution in [2.45, 2.75) is 38.9 Å². The van der Waals surface area contributed by atoms with Gasteiger partial charge < -0.3 is 25.1 Å². The van der Waals surface area contributed by atoms with Crippen molar-refractivity contribution in [1.29, 1.82) is 0 Å². The Kier molecular flexibility index (Phi) is 5.56. The standard InChI is InChI=1S/C17H26BN3O4/c1-16(2)17(3,4)25-18(24-16)13(10-20-5)8-11-7-12(15(22)23-6)9-21-14(11)19/h7-9,20H,10H2,1-6H3,(H2,19,21). The average Bonchev–Trinajstić information content (AvgIpc) is 2.76. The fourth-order valence-electron chi connectivity index (χ4n) is 2.44. The minimum Gasteiger partial charge on any atom is -0.465 e. The highest BCUT2D eigenvalue weighted by Gasteiger charge is 2.52. The number of nitrogens with zero attached hydrogens (tertiary/aromatic N) is 1. The van der Waals surface area contributed by atoms with Crippen LogP contribution in [0.2, 0.25) is 0 Å². The fraction of sp³-hybridized carbons (Fsp3) is 0.529. The van der Waals surface area contributed by atoms with E-state index in [4.69, 9.17) is 19.8 Å². The van der Waals surface area contributed by atoms with Gasteiger partial charge in [-0.15, -0.1) is 0 Å². The van der Waals surface area contributed by atoms with Crippen molar-refractivity contribution in [1.82, 2.24) is 10.3 Å². The van der Waals surface area contributed by atoms with E-state index < -0.39 is 24.3 Å². The van der Waals surface area contributed by atoms with Crippen LogP contribution in [0.3, 0.4) is 0 Å². The van der Waals surface area contributed by atoms with Crippen molar-refractivity contribution in [3.05, 3.63) is 28.9 Å². The zero-order valence-corrected chi connectivity index (χ0v) is 15.7. The number of rotatable bonds is 5. The van der Waals surface area contributed by atoms with E-state index in [9.17, 15) is 4.79 Å². The summed E-state index contributed by atoms with van der Waals surface area (Å²) < 4.78 is 16.9. The summed E-state index contributed by atoms with van der Waals surface area (Å²) in [6.45, 7) is 8.53. The molecule has 136 valence electrons. The number of anilines is 1. The van der Waals surface area contributed by atoms with Gasteiger partial charge in [0.25, 0.3) is 0 Å². The van der Waals surface area contributed by atoms with Crippen molar-refractivity contribution < 1.29 is 18.8 Å². The van der Waals surface area contributed by atoms with Gasteiger partial charge in [0.1, 0.15) is 5.82 Å². The van der Waals surface area contributed by atoms with Crippen LogP contribution < -0.4 is 11.1 Å². The van der Waals surface area contributed by atoms with Crippen LogP contribution in [0.4, 0.5) is 5.82 Å². The van der Waals surface area contributed by atoms with E-state index in [1.807, 2.05) is 40.8 Å². The molecule has 3 N–H and O–H groups in total. The number of nitrogen functional groups attached to an aromatic ring is 1. The van der Waals surface area contributed by atoms with E-state index in [1.165, 1.54) is 13.3 Å². The van der Waals surface area contributed by atoms with Gasteiger partial charge in [0.05, 0.1) is 23.9 Å². The monoisotopic (exact) mass is 347 g/mol. The van der Waals surface area contributed by atoms with Crippen LogP contribution in [0.25, 0.3) is 6.08 Å². The molecule has 1 fully saturated rings. The number of hydrogen-bond donors (Lipinski definition) is 2. The smallest absolute Gasteiger partial charge is 0.465 e. The Bertz CT molecular complexity index is 672. The second-order valence-corrected chi connectivity index (χ2v) is 7.03. The molecule has 0 radical (unpaired) electrons. The number of hydrogen-bond acceptors (Lipinski definition) is 7. The van der Waals surface area contributed by atoms with Gasteiger partial charge in [-0.05, 0) is 46.3 Å². The summed E-state index contributed by atoms with van der Waals surface area (Å²) in [4.78, 5) is 15.8. The quantitative estimate of drug-likeness (QED) is 0.618. The topological polar surface area (TPSA) is 95.7 Å². The first-order valence-corrected chi connectivity index (χ1v) is 8.16. The Labute approximate surface area is 149 Å². The number of pyridine rings is 1. The molecule has 1 aromatic heterocycles. The maximum absolute atomic E-state index is 11.7. The summed E-state index contributed by atoms with van der Waals surface area (Å²) in [6, 6.07) is 1.65. The Balaban J connectivity index is 2.40. The number of carbonyl (C=O) groups excluding carboxylic acids is 1. The molecule has 7 nitrogen and oxygen atoms in total. The number of nitrogens with two attached hydrogens (primary N) is 1. The third-order valence-electron chi connectivity index (χ3n) is 4.65. The zero-order chi connectivity index (χ0) is 18.8. The van der Waals surface area contributed by atoms with E-state index in [0.717, 1.165) is 5.47 Å². The highest BCUT2D eigenvalue weighted by Crippen LogP contribution is 2.38. The fourth-order valence-corrected chi connectivity index (χ4v) is 2.44. The molecule has 0 saturated carbocycles. The minimum atomic E-state index is -0.515. The largest absolute Gasteiger partial charge is 0.491 e. The number of aromatic nitrogens is 1. The molecular weight excluding hydrogens is 321 g/mol. The lowest BCUT2D eigenvalue weighted by Gasteiger charge is -2.32. The summed E-state index contributed by atoms with van der Waals surface area (Å²) in [6.07, 6.45) is 3.23. The Morgan fingerprint density at radius 3 is 2.48 bits per heavy atom. The van der Waals surface area contributed by atoms with Gasteiger partial charge in [-0.2, -0.15) is 0 Å². The predicted molar refractivity (Wildman–Crippen MR) is 98.0 cm³/mol. The Morgan fingerprint density at radius 1 is 1.36 bits per heavy atom. The number of nitrogens with one attached hydrogen (secondary N) is 1. The normalized spacial score (nSPS) is 19.1. The molecule has 0 aliphatic carbocycles. The minimum absolute atomic E-state index is 0.317. The summed E-state index contributed by atoms with van der Waals surface area (Å²) in [5, 5.41) is 3.11. The van der Waals surface area contributed by atoms with Gasteiger partial charge in [-0.25, -0.2) is 9.78 Å². The Morgan fingerprint density at radius 2 is 1.96 bits per heavy atom. The van der Waals surface area contributed by atoms with Crippen LogP contribution in [-0.2, 0) is 14.0 Å². The maximum Gasteiger partial charge on any atom is 0.491 e. The first-order valence-electron chi connectivity index (χ1n) is 8.16. The van der Waals surface area contributed by atoms with Crippen LogP contribution in [0.15, 0.2) is 17.7 Å².